The Kier molecular flexibility index (Phi) is 2.96. The van der Waals surface area contributed by atoms with Crippen LogP contribution in [0.2, 0.25) is 5.02 Å². The van der Waals surface area contributed by atoms with Crippen LogP contribution in [0.5, 0.6) is 0 Å². The Morgan fingerprint density at radius 2 is 2.31 bits per heavy atom. The summed E-state index contributed by atoms with van der Waals surface area (Å²) in [4.78, 5) is 13.9. The van der Waals surface area contributed by atoms with Gasteiger partial charge >= 0.3 is 6.21 Å². The number of nitrogens with zero attached hydrogens (tertiary/aromatic N) is 2. The molecular weight excluding hydrogens is 188 g/mol. The fourth-order valence-electron chi connectivity index (χ4n) is 1.03. The first-order valence-electron chi connectivity index (χ1n) is 3.63. The third-order valence-electron chi connectivity index (χ3n) is 1.63. The Bertz CT molecular complexity index is 395. The van der Waals surface area contributed by atoms with E-state index < -0.39 is 0 Å². The van der Waals surface area contributed by atoms with E-state index in [1.165, 1.54) is 0 Å². The van der Waals surface area contributed by atoms with Crippen LogP contribution in [0.4, 0.5) is 0 Å². The molecule has 3 nitrogen and oxygen atoms in total. The first-order valence-corrected chi connectivity index (χ1v) is 4.01. The molecule has 0 saturated carbocycles. The SMILES string of the molecule is Cc1cc(Cl)ccc1C(=O)C=[N+]=[N-]. The largest absolute Gasteiger partial charge is 0.361 e. The molecule has 1 aromatic rings. The molecule has 0 N–H and O–H groups in total. The van der Waals surface area contributed by atoms with E-state index in [0.29, 0.717) is 10.6 Å². The number of Topliss-reactive ketones (excluding diaryl/α,β-unsaturated/α-hetero) is 1. The van der Waals surface area contributed by atoms with Crippen molar-refractivity contribution in [1.82, 2.24) is 0 Å². The molecule has 0 atom stereocenters. The van der Waals surface area contributed by atoms with E-state index in [9.17, 15) is 4.79 Å². The number of hydrogen-bond donors (Lipinski definition) is 0. The van der Waals surface area contributed by atoms with Gasteiger partial charge in [-0.15, -0.1) is 0 Å². The maximum absolute atomic E-state index is 11.2. The zero-order valence-electron chi connectivity index (χ0n) is 6.99. The highest BCUT2D eigenvalue weighted by Crippen LogP contribution is 2.14. The van der Waals surface area contributed by atoms with E-state index in [1.807, 2.05) is 0 Å². The summed E-state index contributed by atoms with van der Waals surface area (Å²) in [6.45, 7) is 1.77. The molecule has 0 radical (unpaired) electrons. The van der Waals surface area contributed by atoms with Crippen molar-refractivity contribution in [1.29, 1.82) is 0 Å². The summed E-state index contributed by atoms with van der Waals surface area (Å²) < 4.78 is 0. The van der Waals surface area contributed by atoms with Crippen LogP contribution in [0, 0.1) is 6.92 Å². The number of carbonyl (C=O) groups is 1. The van der Waals surface area contributed by atoms with Crippen molar-refractivity contribution in [2.75, 3.05) is 0 Å². The fraction of sp³-hybridized carbons (Fsp3) is 0.111. The van der Waals surface area contributed by atoms with Crippen LogP contribution in [-0.4, -0.2) is 16.8 Å². The van der Waals surface area contributed by atoms with Crippen LogP contribution < -0.4 is 0 Å². The van der Waals surface area contributed by atoms with E-state index in [4.69, 9.17) is 17.1 Å². The molecule has 66 valence electrons. The van der Waals surface area contributed by atoms with Gasteiger partial charge in [-0.1, -0.05) is 11.6 Å². The minimum Gasteiger partial charge on any atom is -0.361 e. The molecule has 0 heterocycles. The molecule has 0 aliphatic carbocycles. The molecule has 0 spiro atoms. The van der Waals surface area contributed by atoms with Gasteiger partial charge in [0.2, 0.25) is 0 Å². The van der Waals surface area contributed by atoms with Crippen LogP contribution in [0.1, 0.15) is 15.9 Å². The summed E-state index contributed by atoms with van der Waals surface area (Å²) in [5, 5.41) is 0.579. The van der Waals surface area contributed by atoms with Crippen molar-refractivity contribution in [3.05, 3.63) is 39.9 Å². The third-order valence-corrected chi connectivity index (χ3v) is 1.86. The fourth-order valence-corrected chi connectivity index (χ4v) is 1.25. The highest BCUT2D eigenvalue weighted by Gasteiger charge is 2.09. The van der Waals surface area contributed by atoms with Crippen LogP contribution in [0.15, 0.2) is 18.2 Å². The molecule has 0 unspecified atom stereocenters. The molecule has 4 heteroatoms. The normalized spacial score (nSPS) is 9.08. The van der Waals surface area contributed by atoms with Crippen molar-refractivity contribution in [2.45, 2.75) is 6.92 Å². The van der Waals surface area contributed by atoms with Gasteiger partial charge in [-0.3, -0.25) is 4.79 Å². The van der Waals surface area contributed by atoms with Gasteiger partial charge in [0.15, 0.2) is 0 Å². The van der Waals surface area contributed by atoms with Gasteiger partial charge in [0, 0.05) is 10.6 Å². The van der Waals surface area contributed by atoms with E-state index in [0.717, 1.165) is 11.8 Å². The number of benzene rings is 1. The standard InChI is InChI=1S/C9H7ClN2O/c1-6-4-7(10)2-3-8(6)9(13)5-12-11/h2-5H,1H3. The molecule has 0 aliphatic heterocycles. The maximum Gasteiger partial charge on any atom is 0.328 e. The molecule has 0 fully saturated rings. The minimum atomic E-state index is -0.336. The summed E-state index contributed by atoms with van der Waals surface area (Å²) in [5.41, 5.74) is 9.42. The number of carbonyl (C=O) groups excluding carboxylic acids is 1. The second-order valence-corrected chi connectivity index (χ2v) is 3.00. The number of rotatable bonds is 2. The first kappa shape index (κ1) is 9.65. The average Bonchev–Trinajstić information content (AvgIpc) is 2.04. The quantitative estimate of drug-likeness (QED) is 0.308. The lowest BCUT2D eigenvalue weighted by atomic mass is 10.1. The van der Waals surface area contributed by atoms with Gasteiger partial charge in [-0.25, -0.2) is 0 Å². The number of halogens is 1. The minimum absolute atomic E-state index is 0.336. The Labute approximate surface area is 80.6 Å². The summed E-state index contributed by atoms with van der Waals surface area (Å²) >= 11 is 5.70. The Morgan fingerprint density at radius 1 is 1.62 bits per heavy atom. The summed E-state index contributed by atoms with van der Waals surface area (Å²) in [6, 6.07) is 4.90. The van der Waals surface area contributed by atoms with Crippen LogP contribution >= 0.6 is 11.6 Å². The third kappa shape index (κ3) is 2.25. The topological polar surface area (TPSA) is 53.5 Å². The first-order chi connectivity index (χ1) is 6.15. The molecule has 0 bridgehead atoms. The molecule has 1 aromatic carbocycles. The zero-order chi connectivity index (χ0) is 9.84. The van der Waals surface area contributed by atoms with Crippen LogP contribution in [0.25, 0.3) is 5.53 Å². The maximum atomic E-state index is 11.2. The lowest BCUT2D eigenvalue weighted by molar-refractivity contribution is 0.00234. The molecule has 0 aliphatic rings. The second-order valence-electron chi connectivity index (χ2n) is 2.57. The molecule has 0 amide bonds. The monoisotopic (exact) mass is 194 g/mol. The Morgan fingerprint density at radius 3 is 2.85 bits per heavy atom. The van der Waals surface area contributed by atoms with Gasteiger partial charge in [0.25, 0.3) is 5.78 Å². The summed E-state index contributed by atoms with van der Waals surface area (Å²) in [6.07, 6.45) is 0.857. The summed E-state index contributed by atoms with van der Waals surface area (Å²) in [5.74, 6) is -0.336. The van der Waals surface area contributed by atoms with Gasteiger partial charge in [0.1, 0.15) is 0 Å². The molecule has 1 rings (SSSR count). The van der Waals surface area contributed by atoms with Crippen molar-refractivity contribution in [2.24, 2.45) is 0 Å². The van der Waals surface area contributed by atoms with Crippen molar-refractivity contribution in [3.8, 4) is 0 Å². The van der Waals surface area contributed by atoms with E-state index in [2.05, 4.69) is 4.79 Å². The van der Waals surface area contributed by atoms with Gasteiger partial charge in [-0.2, -0.15) is 4.79 Å². The molecule has 0 saturated heterocycles. The smallest absolute Gasteiger partial charge is 0.328 e. The average molecular weight is 195 g/mol. The number of ketones is 1. The van der Waals surface area contributed by atoms with Gasteiger partial charge in [0.05, 0.1) is 0 Å². The Balaban J connectivity index is 3.16. The summed E-state index contributed by atoms with van der Waals surface area (Å²) in [7, 11) is 0. The van der Waals surface area contributed by atoms with Crippen LogP contribution in [0.3, 0.4) is 0 Å². The highest BCUT2D eigenvalue weighted by molar-refractivity contribution is 6.34. The highest BCUT2D eigenvalue weighted by atomic mass is 35.5. The van der Waals surface area contributed by atoms with E-state index in [1.54, 1.807) is 25.1 Å². The predicted molar refractivity (Wildman–Crippen MR) is 50.2 cm³/mol. The van der Waals surface area contributed by atoms with Crippen molar-refractivity contribution in [3.63, 3.8) is 0 Å². The lowest BCUT2D eigenvalue weighted by Gasteiger charge is -1.98. The molecular formula is C9H7ClN2O. The second kappa shape index (κ2) is 3.99. The van der Waals surface area contributed by atoms with Gasteiger partial charge < -0.3 is 5.53 Å². The molecule has 13 heavy (non-hydrogen) atoms. The molecule has 0 aromatic heterocycles. The van der Waals surface area contributed by atoms with Crippen molar-refractivity contribution < 1.29 is 9.58 Å². The van der Waals surface area contributed by atoms with Gasteiger partial charge in [-0.05, 0) is 30.7 Å². The lowest BCUT2D eigenvalue weighted by Crippen LogP contribution is -2.03. The van der Waals surface area contributed by atoms with E-state index in [-0.39, 0.29) is 5.78 Å². The number of hydrogen-bond acceptors (Lipinski definition) is 1. The van der Waals surface area contributed by atoms with Crippen LogP contribution in [-0.2, 0) is 0 Å². The predicted octanol–water partition coefficient (Wildman–Crippen LogP) is 2.13. The van der Waals surface area contributed by atoms with Crippen molar-refractivity contribution >= 4 is 23.6 Å². The zero-order valence-corrected chi connectivity index (χ0v) is 7.75. The Hall–Kier alpha value is -1.44. The van der Waals surface area contributed by atoms with E-state index >= 15 is 0 Å². The number of aryl methyl sites for hydroxylation is 1.